The molecule has 2 aromatic rings. The van der Waals surface area contributed by atoms with Crippen LogP contribution in [0.15, 0.2) is 35.7 Å². The van der Waals surface area contributed by atoms with Crippen molar-refractivity contribution in [3.63, 3.8) is 0 Å². The number of carbonyl (C=O) groups is 1. The van der Waals surface area contributed by atoms with E-state index in [0.717, 1.165) is 41.9 Å². The number of likely N-dealkylation sites (tertiary alicyclic amines) is 1. The van der Waals surface area contributed by atoms with Crippen molar-refractivity contribution < 1.29 is 14.5 Å². The highest BCUT2D eigenvalue weighted by Crippen LogP contribution is 2.28. The molecule has 1 fully saturated rings. The molecule has 0 spiro atoms. The van der Waals surface area contributed by atoms with Crippen molar-refractivity contribution >= 4 is 22.2 Å². The summed E-state index contributed by atoms with van der Waals surface area (Å²) in [6, 6.07) is 9.35. The lowest BCUT2D eigenvalue weighted by Gasteiger charge is -2.24. The molecule has 0 bridgehead atoms. The van der Waals surface area contributed by atoms with Crippen LogP contribution in [-0.4, -0.2) is 35.4 Å². The number of hydrogen-bond acceptors (Lipinski definition) is 5. The zero-order valence-electron chi connectivity index (χ0n) is 13.3. The highest BCUT2D eigenvalue weighted by molar-refractivity contribution is 7.13. The van der Waals surface area contributed by atoms with E-state index in [9.17, 15) is 14.9 Å². The smallest absolute Gasteiger partial charge is 0.324 e. The van der Waals surface area contributed by atoms with Gasteiger partial charge in [-0.1, -0.05) is 23.5 Å². The molecule has 1 atom stereocenters. The Morgan fingerprint density at radius 1 is 1.42 bits per heavy atom. The fourth-order valence-corrected chi connectivity index (χ4v) is 3.75. The first-order valence-electron chi connectivity index (χ1n) is 7.75. The summed E-state index contributed by atoms with van der Waals surface area (Å²) in [5, 5.41) is 12.4. The number of hydrogen-bond donors (Lipinski definition) is 0. The fraction of sp³-hybridized carbons (Fsp3) is 0.353. The fourth-order valence-electron chi connectivity index (χ4n) is 3.05. The third kappa shape index (κ3) is 3.41. The predicted molar refractivity (Wildman–Crippen MR) is 91.7 cm³/mol. The highest BCUT2D eigenvalue weighted by Gasteiger charge is 2.30. The number of ether oxygens (including phenoxy) is 1. The topological polar surface area (TPSA) is 72.7 Å². The molecule has 1 amide bonds. The molecule has 1 aromatic carbocycles. The molecular weight excluding hydrogens is 328 g/mol. The van der Waals surface area contributed by atoms with Crippen LogP contribution in [0, 0.1) is 10.1 Å². The summed E-state index contributed by atoms with van der Waals surface area (Å²) in [6.07, 6.45) is 2.69. The van der Waals surface area contributed by atoms with E-state index in [2.05, 4.69) is 0 Å². The Labute approximate surface area is 143 Å². The monoisotopic (exact) mass is 346 g/mol. The van der Waals surface area contributed by atoms with Crippen molar-refractivity contribution in [2.24, 2.45) is 0 Å². The van der Waals surface area contributed by atoms with Gasteiger partial charge in [-0.25, -0.2) is 0 Å². The number of carbonyl (C=O) groups excluding carboxylic acids is 1. The molecule has 1 aromatic heterocycles. The Bertz CT molecular complexity index is 741. The van der Waals surface area contributed by atoms with E-state index in [-0.39, 0.29) is 17.0 Å². The SMILES string of the molecule is COc1ccc(C[C@@H]2CCCN2C(=O)c2csc([N+](=O)[O-])c2)cc1. The summed E-state index contributed by atoms with van der Waals surface area (Å²) >= 11 is 0.994. The minimum absolute atomic E-state index is 0.00394. The van der Waals surface area contributed by atoms with Gasteiger partial charge in [-0.05, 0) is 37.0 Å². The maximum Gasteiger partial charge on any atom is 0.324 e. The second-order valence-corrected chi connectivity index (χ2v) is 6.67. The van der Waals surface area contributed by atoms with E-state index in [1.807, 2.05) is 29.2 Å². The zero-order chi connectivity index (χ0) is 17.1. The summed E-state index contributed by atoms with van der Waals surface area (Å²) in [7, 11) is 1.63. The molecule has 1 aliphatic heterocycles. The Balaban J connectivity index is 1.71. The molecule has 0 radical (unpaired) electrons. The summed E-state index contributed by atoms with van der Waals surface area (Å²) in [6.45, 7) is 0.698. The quantitative estimate of drug-likeness (QED) is 0.613. The van der Waals surface area contributed by atoms with Crippen molar-refractivity contribution in [2.45, 2.75) is 25.3 Å². The Morgan fingerprint density at radius 3 is 2.79 bits per heavy atom. The van der Waals surface area contributed by atoms with E-state index in [1.165, 1.54) is 6.07 Å². The van der Waals surface area contributed by atoms with Crippen molar-refractivity contribution in [1.82, 2.24) is 4.90 Å². The standard InChI is InChI=1S/C17H18N2O4S/c1-23-15-6-4-12(5-7-15)9-14-3-2-8-18(14)17(20)13-10-16(19(21)22)24-11-13/h4-7,10-11,14H,2-3,8-9H2,1H3/t14-/m0/s1. The van der Waals surface area contributed by atoms with Gasteiger partial charge in [0.2, 0.25) is 0 Å². The van der Waals surface area contributed by atoms with Crippen molar-refractivity contribution in [2.75, 3.05) is 13.7 Å². The van der Waals surface area contributed by atoms with Crippen molar-refractivity contribution in [3.8, 4) is 5.75 Å². The van der Waals surface area contributed by atoms with Crippen LogP contribution in [0.1, 0.15) is 28.8 Å². The lowest BCUT2D eigenvalue weighted by molar-refractivity contribution is -0.380. The van der Waals surface area contributed by atoms with Crippen LogP contribution in [0.25, 0.3) is 0 Å². The van der Waals surface area contributed by atoms with Gasteiger partial charge in [-0.2, -0.15) is 0 Å². The largest absolute Gasteiger partial charge is 0.497 e. The molecule has 1 saturated heterocycles. The molecule has 0 saturated carbocycles. The van der Waals surface area contributed by atoms with Crippen LogP contribution in [0.2, 0.25) is 0 Å². The number of benzene rings is 1. The Hall–Kier alpha value is -2.41. The summed E-state index contributed by atoms with van der Waals surface area (Å²) in [5.74, 6) is 0.694. The average molecular weight is 346 g/mol. The first kappa shape index (κ1) is 16.4. The first-order chi connectivity index (χ1) is 11.6. The average Bonchev–Trinajstić information content (AvgIpc) is 3.24. The van der Waals surface area contributed by atoms with E-state index in [4.69, 9.17) is 4.74 Å². The van der Waals surface area contributed by atoms with Crippen LogP contribution in [-0.2, 0) is 6.42 Å². The Morgan fingerprint density at radius 2 is 2.17 bits per heavy atom. The molecule has 126 valence electrons. The van der Waals surface area contributed by atoms with Crippen LogP contribution < -0.4 is 4.74 Å². The van der Waals surface area contributed by atoms with Gasteiger partial charge in [0.1, 0.15) is 5.75 Å². The van der Waals surface area contributed by atoms with Gasteiger partial charge in [0.25, 0.3) is 5.91 Å². The number of amides is 1. The third-order valence-electron chi connectivity index (χ3n) is 4.28. The van der Waals surface area contributed by atoms with Gasteiger partial charge in [0, 0.05) is 24.0 Å². The van der Waals surface area contributed by atoms with E-state index < -0.39 is 4.92 Å². The maximum atomic E-state index is 12.7. The van der Waals surface area contributed by atoms with Crippen molar-refractivity contribution in [3.05, 3.63) is 57.0 Å². The van der Waals surface area contributed by atoms with Crippen LogP contribution >= 0.6 is 11.3 Å². The number of nitrogens with zero attached hydrogens (tertiary/aromatic N) is 2. The molecule has 3 rings (SSSR count). The predicted octanol–water partition coefficient (Wildman–Crippen LogP) is 3.51. The normalized spacial score (nSPS) is 17.0. The number of thiophene rings is 1. The number of methoxy groups -OCH3 is 1. The molecular formula is C17H18N2O4S. The molecule has 7 heteroatoms. The summed E-state index contributed by atoms with van der Waals surface area (Å²) < 4.78 is 5.16. The van der Waals surface area contributed by atoms with E-state index in [1.54, 1.807) is 12.5 Å². The molecule has 6 nitrogen and oxygen atoms in total. The summed E-state index contributed by atoms with van der Waals surface area (Å²) in [5.41, 5.74) is 1.56. The molecule has 0 N–H and O–H groups in total. The lowest BCUT2D eigenvalue weighted by Crippen LogP contribution is -2.36. The molecule has 1 aliphatic rings. The van der Waals surface area contributed by atoms with Crippen molar-refractivity contribution in [1.29, 1.82) is 0 Å². The third-order valence-corrected chi connectivity index (χ3v) is 5.16. The number of rotatable bonds is 5. The minimum Gasteiger partial charge on any atom is -0.497 e. The number of nitro groups is 1. The second-order valence-electron chi connectivity index (χ2n) is 5.78. The van der Waals surface area contributed by atoms with Crippen LogP contribution in [0.3, 0.4) is 0 Å². The van der Waals surface area contributed by atoms with Gasteiger partial charge >= 0.3 is 5.00 Å². The zero-order valence-corrected chi connectivity index (χ0v) is 14.1. The van der Waals surface area contributed by atoms with Gasteiger partial charge < -0.3 is 9.64 Å². The van der Waals surface area contributed by atoms with Gasteiger partial charge in [0.05, 0.1) is 17.6 Å². The highest BCUT2D eigenvalue weighted by atomic mass is 32.1. The maximum absolute atomic E-state index is 12.7. The summed E-state index contributed by atoms with van der Waals surface area (Å²) in [4.78, 5) is 24.9. The molecule has 2 heterocycles. The lowest BCUT2D eigenvalue weighted by atomic mass is 10.0. The van der Waals surface area contributed by atoms with E-state index >= 15 is 0 Å². The van der Waals surface area contributed by atoms with E-state index in [0.29, 0.717) is 12.1 Å². The van der Waals surface area contributed by atoms with Gasteiger partial charge in [-0.15, -0.1) is 0 Å². The van der Waals surface area contributed by atoms with Gasteiger partial charge in [-0.3, -0.25) is 14.9 Å². The van der Waals surface area contributed by atoms with Crippen LogP contribution in [0.4, 0.5) is 5.00 Å². The minimum atomic E-state index is -0.458. The second kappa shape index (κ2) is 7.00. The van der Waals surface area contributed by atoms with Crippen LogP contribution in [0.5, 0.6) is 5.75 Å². The molecule has 0 aliphatic carbocycles. The first-order valence-corrected chi connectivity index (χ1v) is 8.63. The Kier molecular flexibility index (Phi) is 4.80. The molecule has 24 heavy (non-hydrogen) atoms. The molecule has 0 unspecified atom stereocenters. The van der Waals surface area contributed by atoms with Gasteiger partial charge in [0.15, 0.2) is 0 Å².